The summed E-state index contributed by atoms with van der Waals surface area (Å²) >= 11 is 3.66. The molecular weight excluding hydrogens is 945 g/mol. The number of hydrogen-bond acceptors (Lipinski definition) is 4. The van der Waals surface area contributed by atoms with Crippen LogP contribution in [0.25, 0.3) is 75.1 Å². The lowest BCUT2D eigenvalue weighted by Crippen LogP contribution is -2.17. The van der Waals surface area contributed by atoms with E-state index in [4.69, 9.17) is 6.58 Å². The summed E-state index contributed by atoms with van der Waals surface area (Å²) in [6.45, 7) is 7.14. The number of rotatable bonds is 14. The van der Waals surface area contributed by atoms with Gasteiger partial charge in [0.05, 0.1) is 0 Å². The Kier molecular flexibility index (Phi) is 13.4. The largest absolute Gasteiger partial charge is 0.314 e. The summed E-state index contributed by atoms with van der Waals surface area (Å²) in [5.74, 6) is 0. The monoisotopic (exact) mass is 998 g/mol. The predicted octanol–water partition coefficient (Wildman–Crippen LogP) is 21.3. The Morgan fingerprint density at radius 2 is 0.973 bits per heavy atom. The first-order valence-electron chi connectivity index (χ1n) is 25.6. The van der Waals surface area contributed by atoms with Crippen LogP contribution in [0.3, 0.4) is 0 Å². The van der Waals surface area contributed by atoms with E-state index >= 15 is 0 Å². The van der Waals surface area contributed by atoms with Gasteiger partial charge in [0, 0.05) is 53.6 Å². The molecule has 0 unspecified atom stereocenters. The van der Waals surface area contributed by atoms with Crippen molar-refractivity contribution in [2.75, 3.05) is 9.80 Å². The van der Waals surface area contributed by atoms with Crippen LogP contribution in [0.4, 0.5) is 28.4 Å². The van der Waals surface area contributed by atoms with E-state index in [1.807, 2.05) is 22.7 Å². The lowest BCUT2D eigenvalue weighted by Gasteiger charge is -2.30. The summed E-state index contributed by atoms with van der Waals surface area (Å²) < 4.78 is 0. The van der Waals surface area contributed by atoms with Gasteiger partial charge in [-0.3, -0.25) is 0 Å². The van der Waals surface area contributed by atoms with Crippen molar-refractivity contribution in [1.82, 2.24) is 0 Å². The van der Waals surface area contributed by atoms with E-state index in [-0.39, 0.29) is 0 Å². The molecule has 4 heteroatoms. The summed E-state index contributed by atoms with van der Waals surface area (Å²) in [6.07, 6.45) is 15.3. The molecule has 0 fully saturated rings. The second kappa shape index (κ2) is 21.3. The molecule has 0 saturated carbocycles. The number of nitrogens with zero attached hydrogens (tertiary/aromatic N) is 2. The number of para-hydroxylation sites is 3. The van der Waals surface area contributed by atoms with E-state index in [1.165, 1.54) is 58.4 Å². The number of allylic oxidation sites excluding steroid dienone is 9. The summed E-state index contributed by atoms with van der Waals surface area (Å²) in [4.78, 5) is 9.80. The molecule has 0 bridgehead atoms. The third kappa shape index (κ3) is 9.78. The van der Waals surface area contributed by atoms with Gasteiger partial charge in [0.1, 0.15) is 0 Å². The summed E-state index contributed by atoms with van der Waals surface area (Å²) in [6, 6.07) is 85.8. The maximum absolute atomic E-state index is 4.94. The molecule has 0 atom stereocenters. The molecule has 360 valence electrons. The molecule has 75 heavy (non-hydrogen) atoms. The quantitative estimate of drug-likeness (QED) is 0.0791. The van der Waals surface area contributed by atoms with Crippen LogP contribution in [-0.4, -0.2) is 0 Å². The van der Waals surface area contributed by atoms with Gasteiger partial charge >= 0.3 is 0 Å². The van der Waals surface area contributed by atoms with Crippen LogP contribution in [-0.2, 0) is 0 Å². The fourth-order valence-electron chi connectivity index (χ4n) is 10.4. The minimum absolute atomic E-state index is 0.938. The molecule has 12 rings (SSSR count). The lowest BCUT2D eigenvalue weighted by molar-refractivity contribution is 0.918. The predicted molar refractivity (Wildman–Crippen MR) is 327 cm³/mol. The SMILES string of the molecule is C=C(/C=C\C=C(/C)c1ccc(-c2ccccc2)s1)c1c2cc(N(c3ccccc3)c3ccccc3)ccc2c(-c2cccc(-c3ccc(-c4ccccc4)s3)c2)c2cc(N(C3=CC=CCC3)c3ccccc3)ccc12. The van der Waals surface area contributed by atoms with Crippen LogP contribution in [0.15, 0.2) is 285 Å². The Hall–Kier alpha value is -8.80. The highest BCUT2D eigenvalue weighted by molar-refractivity contribution is 7.18. The highest BCUT2D eigenvalue weighted by atomic mass is 32.1. The molecule has 2 heterocycles. The topological polar surface area (TPSA) is 6.48 Å². The van der Waals surface area contributed by atoms with Crippen molar-refractivity contribution in [3.8, 4) is 42.4 Å². The minimum atomic E-state index is 0.938. The fraction of sp³-hybridized carbons (Fsp3) is 0.0423. The van der Waals surface area contributed by atoms with Gasteiger partial charge in [-0.05, 0) is 183 Å². The number of thiophene rings is 2. The molecule has 0 radical (unpaired) electrons. The van der Waals surface area contributed by atoms with Gasteiger partial charge in [0.2, 0.25) is 0 Å². The van der Waals surface area contributed by atoms with Gasteiger partial charge in [-0.25, -0.2) is 0 Å². The van der Waals surface area contributed by atoms with Crippen molar-refractivity contribution in [2.24, 2.45) is 0 Å². The Bertz CT molecular complexity index is 3910. The first-order valence-corrected chi connectivity index (χ1v) is 27.3. The molecule has 11 aromatic rings. The molecule has 2 nitrogen and oxygen atoms in total. The van der Waals surface area contributed by atoms with Crippen molar-refractivity contribution < 1.29 is 0 Å². The Morgan fingerprint density at radius 3 is 1.60 bits per heavy atom. The zero-order valence-electron chi connectivity index (χ0n) is 41.8. The zero-order valence-corrected chi connectivity index (χ0v) is 43.4. The second-order valence-corrected chi connectivity index (χ2v) is 21.1. The molecule has 9 aromatic carbocycles. The summed E-state index contributed by atoms with van der Waals surface area (Å²) in [5.41, 5.74) is 16.0. The van der Waals surface area contributed by atoms with Crippen molar-refractivity contribution in [3.63, 3.8) is 0 Å². The van der Waals surface area contributed by atoms with Crippen molar-refractivity contribution in [3.05, 3.63) is 296 Å². The molecule has 0 N–H and O–H groups in total. The van der Waals surface area contributed by atoms with Crippen LogP contribution >= 0.6 is 22.7 Å². The molecule has 2 aromatic heterocycles. The Labute approximate surface area is 448 Å². The number of anilines is 5. The molecule has 1 aliphatic carbocycles. The van der Waals surface area contributed by atoms with E-state index in [2.05, 4.69) is 290 Å². The first kappa shape index (κ1) is 47.2. The maximum Gasteiger partial charge on any atom is 0.0468 e. The van der Waals surface area contributed by atoms with Gasteiger partial charge < -0.3 is 9.80 Å². The molecule has 0 saturated heterocycles. The first-order chi connectivity index (χ1) is 37.0. The molecule has 1 aliphatic rings. The molecule has 0 spiro atoms. The van der Waals surface area contributed by atoms with E-state index < -0.39 is 0 Å². The van der Waals surface area contributed by atoms with Crippen LogP contribution in [0.5, 0.6) is 0 Å². The van der Waals surface area contributed by atoms with E-state index in [9.17, 15) is 0 Å². The standard InChI is InChI=1S/C71H54N2S2/c1-50(66-43-44-67(74-66)52-25-9-3-10-26-52)23-21-24-51(2)70-62-41-39-61(73(58-35-17-7-18-36-58)59-37-19-8-20-38-59)49-65(62)71(55-30-22-29-54(47-55)69-46-45-68(75-69)53-27-11-4-12-28-53)63-42-40-60(48-64(63)70)72(56-31-13-5-14-32-56)57-33-15-6-16-34-57/h3-19,21-37,39-49H,2,20,38H2,1H3/b24-21-,50-23+. The Morgan fingerprint density at radius 1 is 0.453 bits per heavy atom. The summed E-state index contributed by atoms with van der Waals surface area (Å²) in [5, 5.41) is 4.60. The smallest absolute Gasteiger partial charge is 0.0468 e. The van der Waals surface area contributed by atoms with E-state index in [0.717, 1.165) is 74.1 Å². The van der Waals surface area contributed by atoms with Crippen LogP contribution < -0.4 is 9.80 Å². The third-order valence-electron chi connectivity index (χ3n) is 14.0. The van der Waals surface area contributed by atoms with Gasteiger partial charge in [-0.1, -0.05) is 183 Å². The number of benzene rings is 9. The molecule has 0 aliphatic heterocycles. The normalized spacial score (nSPS) is 12.6. The highest BCUT2D eigenvalue weighted by Crippen LogP contribution is 2.48. The third-order valence-corrected chi connectivity index (χ3v) is 16.5. The van der Waals surface area contributed by atoms with Gasteiger partial charge in [0.25, 0.3) is 0 Å². The lowest BCUT2D eigenvalue weighted by atomic mass is 9.85. The van der Waals surface area contributed by atoms with Crippen LogP contribution in [0, 0.1) is 0 Å². The maximum atomic E-state index is 4.94. The summed E-state index contributed by atoms with van der Waals surface area (Å²) in [7, 11) is 0. The van der Waals surface area contributed by atoms with E-state index in [1.54, 1.807) is 0 Å². The molecular formula is C71H54N2S2. The van der Waals surface area contributed by atoms with Crippen molar-refractivity contribution in [2.45, 2.75) is 19.8 Å². The van der Waals surface area contributed by atoms with Crippen LogP contribution in [0.2, 0.25) is 0 Å². The average molecular weight is 999 g/mol. The van der Waals surface area contributed by atoms with E-state index in [0.29, 0.717) is 0 Å². The average Bonchev–Trinajstić information content (AvgIpc) is 4.19. The second-order valence-electron chi connectivity index (χ2n) is 18.9. The Balaban J connectivity index is 1.09. The van der Waals surface area contributed by atoms with Gasteiger partial charge in [-0.2, -0.15) is 0 Å². The van der Waals surface area contributed by atoms with Crippen molar-refractivity contribution >= 4 is 83.8 Å². The fourth-order valence-corrected chi connectivity index (χ4v) is 12.4. The van der Waals surface area contributed by atoms with Gasteiger partial charge in [-0.15, -0.1) is 22.7 Å². The highest BCUT2D eigenvalue weighted by Gasteiger charge is 2.23. The molecule has 0 amide bonds. The van der Waals surface area contributed by atoms with Crippen LogP contribution in [0.1, 0.15) is 30.2 Å². The minimum Gasteiger partial charge on any atom is -0.314 e. The zero-order chi connectivity index (χ0) is 50.5. The van der Waals surface area contributed by atoms with Crippen molar-refractivity contribution in [1.29, 1.82) is 0 Å². The van der Waals surface area contributed by atoms with Gasteiger partial charge in [0.15, 0.2) is 0 Å². The number of fused-ring (bicyclic) bond motifs is 2. The number of hydrogen-bond donors (Lipinski definition) is 0.